The van der Waals surface area contributed by atoms with Gasteiger partial charge in [-0.05, 0) is 43.4 Å². The van der Waals surface area contributed by atoms with E-state index in [9.17, 15) is 9.59 Å². The molecule has 2 amide bonds. The Kier molecular flexibility index (Phi) is 6.03. The first kappa shape index (κ1) is 21.4. The molecule has 1 aliphatic rings. The quantitative estimate of drug-likeness (QED) is 0.550. The normalized spacial score (nSPS) is 14.5. The molecule has 3 aromatic rings. The molecule has 8 heteroatoms. The predicted octanol–water partition coefficient (Wildman–Crippen LogP) is 4.61. The standard InChI is InChI=1S/C23H22Cl2N4O2/c1-29-14-19(20(28-29)15-6-3-2-4-7-15)26-21(30)22(31)27-23(10-5-11-23)13-16-8-9-17(24)12-18(16)25/h2-4,6-9,12,14H,5,10-11,13H2,1H3,(H,26,30)(H,27,31). The zero-order chi connectivity index (χ0) is 22.0. The van der Waals surface area contributed by atoms with Crippen LogP contribution >= 0.6 is 23.2 Å². The highest BCUT2D eigenvalue weighted by Crippen LogP contribution is 2.37. The van der Waals surface area contributed by atoms with Gasteiger partial charge in [-0.15, -0.1) is 0 Å². The lowest BCUT2D eigenvalue weighted by Gasteiger charge is -2.42. The zero-order valence-corrected chi connectivity index (χ0v) is 18.5. The molecule has 0 spiro atoms. The first-order valence-electron chi connectivity index (χ1n) is 10.0. The van der Waals surface area contributed by atoms with Gasteiger partial charge in [0.25, 0.3) is 0 Å². The van der Waals surface area contributed by atoms with E-state index in [4.69, 9.17) is 23.2 Å². The second kappa shape index (κ2) is 8.73. The molecule has 0 atom stereocenters. The van der Waals surface area contributed by atoms with Gasteiger partial charge >= 0.3 is 11.8 Å². The number of aryl methyl sites for hydroxylation is 1. The molecule has 1 aromatic heterocycles. The van der Waals surface area contributed by atoms with Gasteiger partial charge in [0.15, 0.2) is 0 Å². The molecule has 2 aromatic carbocycles. The van der Waals surface area contributed by atoms with Crippen molar-refractivity contribution in [2.75, 3.05) is 5.32 Å². The maximum Gasteiger partial charge on any atom is 0.313 e. The van der Waals surface area contributed by atoms with E-state index in [0.717, 1.165) is 30.4 Å². The predicted molar refractivity (Wildman–Crippen MR) is 122 cm³/mol. The number of aromatic nitrogens is 2. The lowest BCUT2D eigenvalue weighted by molar-refractivity contribution is -0.138. The van der Waals surface area contributed by atoms with Crippen molar-refractivity contribution in [3.8, 4) is 11.3 Å². The molecule has 1 heterocycles. The van der Waals surface area contributed by atoms with Crippen LogP contribution in [0.15, 0.2) is 54.7 Å². The number of benzene rings is 2. The number of carbonyl (C=O) groups is 2. The van der Waals surface area contributed by atoms with Gasteiger partial charge in [0.05, 0.1) is 5.69 Å². The SMILES string of the molecule is Cn1cc(NC(=O)C(=O)NC2(Cc3ccc(Cl)cc3Cl)CCC2)c(-c2ccccc2)n1. The van der Waals surface area contributed by atoms with Gasteiger partial charge in [-0.1, -0.05) is 59.6 Å². The van der Waals surface area contributed by atoms with Crippen molar-refractivity contribution in [1.29, 1.82) is 0 Å². The van der Waals surface area contributed by atoms with Crippen LogP contribution in [0.4, 0.5) is 5.69 Å². The van der Waals surface area contributed by atoms with Crippen LogP contribution in [-0.2, 0) is 23.1 Å². The topological polar surface area (TPSA) is 76.0 Å². The number of hydrogen-bond acceptors (Lipinski definition) is 3. The first-order valence-corrected chi connectivity index (χ1v) is 10.8. The smallest absolute Gasteiger partial charge is 0.313 e. The summed E-state index contributed by atoms with van der Waals surface area (Å²) in [6.07, 6.45) is 4.78. The van der Waals surface area contributed by atoms with E-state index in [1.165, 1.54) is 0 Å². The van der Waals surface area contributed by atoms with E-state index in [0.29, 0.717) is 27.8 Å². The molecule has 0 radical (unpaired) electrons. The molecule has 1 saturated carbocycles. The number of amides is 2. The fourth-order valence-corrected chi connectivity index (χ4v) is 4.32. The maximum atomic E-state index is 12.7. The largest absolute Gasteiger partial charge is 0.342 e. The average molecular weight is 457 g/mol. The van der Waals surface area contributed by atoms with Crippen molar-refractivity contribution < 1.29 is 9.59 Å². The Morgan fingerprint density at radius 2 is 1.84 bits per heavy atom. The Bertz CT molecular complexity index is 1120. The monoisotopic (exact) mass is 456 g/mol. The number of carbonyl (C=O) groups excluding carboxylic acids is 2. The molecule has 0 saturated heterocycles. The third-order valence-electron chi connectivity index (χ3n) is 5.56. The van der Waals surface area contributed by atoms with Crippen LogP contribution in [-0.4, -0.2) is 27.1 Å². The Labute approximate surface area is 190 Å². The third-order valence-corrected chi connectivity index (χ3v) is 6.15. The zero-order valence-electron chi connectivity index (χ0n) is 17.0. The Morgan fingerprint density at radius 1 is 1.10 bits per heavy atom. The average Bonchev–Trinajstić information content (AvgIpc) is 3.08. The van der Waals surface area contributed by atoms with Crippen molar-refractivity contribution in [3.05, 3.63) is 70.3 Å². The molecule has 0 aliphatic heterocycles. The fraction of sp³-hybridized carbons (Fsp3) is 0.261. The second-order valence-corrected chi connectivity index (χ2v) is 8.73. The van der Waals surface area contributed by atoms with Crippen molar-refractivity contribution >= 4 is 40.7 Å². The fourth-order valence-electron chi connectivity index (χ4n) is 3.84. The number of nitrogens with zero attached hydrogens (tertiary/aromatic N) is 2. The first-order chi connectivity index (χ1) is 14.8. The number of halogens is 2. The molecule has 0 unspecified atom stereocenters. The van der Waals surface area contributed by atoms with E-state index in [-0.39, 0.29) is 0 Å². The van der Waals surface area contributed by atoms with Gasteiger partial charge in [0, 0.05) is 34.4 Å². The third kappa shape index (κ3) is 4.75. The second-order valence-electron chi connectivity index (χ2n) is 7.89. The highest BCUT2D eigenvalue weighted by atomic mass is 35.5. The molecule has 1 fully saturated rings. The Morgan fingerprint density at radius 3 is 2.48 bits per heavy atom. The number of hydrogen-bond donors (Lipinski definition) is 2. The van der Waals surface area contributed by atoms with E-state index >= 15 is 0 Å². The van der Waals surface area contributed by atoms with Gasteiger partial charge in [-0.2, -0.15) is 5.10 Å². The summed E-state index contributed by atoms with van der Waals surface area (Å²) in [5.74, 6) is -1.40. The minimum Gasteiger partial charge on any atom is -0.342 e. The summed E-state index contributed by atoms with van der Waals surface area (Å²) in [6, 6.07) is 14.8. The van der Waals surface area contributed by atoms with Gasteiger partial charge in [-0.3, -0.25) is 14.3 Å². The van der Waals surface area contributed by atoms with Crippen molar-refractivity contribution in [2.24, 2.45) is 7.05 Å². The summed E-state index contributed by atoms with van der Waals surface area (Å²) in [5, 5.41) is 11.2. The molecule has 6 nitrogen and oxygen atoms in total. The van der Waals surface area contributed by atoms with Crippen LogP contribution in [0, 0.1) is 0 Å². The summed E-state index contributed by atoms with van der Waals surface area (Å²) in [6.45, 7) is 0. The van der Waals surface area contributed by atoms with E-state index in [1.807, 2.05) is 36.4 Å². The number of nitrogens with one attached hydrogen (secondary N) is 2. The molecule has 0 bridgehead atoms. The van der Waals surface area contributed by atoms with Gasteiger partial charge in [0.1, 0.15) is 5.69 Å². The van der Waals surface area contributed by atoms with Crippen LogP contribution in [0.25, 0.3) is 11.3 Å². The van der Waals surface area contributed by atoms with Gasteiger partial charge in [-0.25, -0.2) is 0 Å². The van der Waals surface area contributed by atoms with Crippen LogP contribution in [0.3, 0.4) is 0 Å². The molecule has 4 rings (SSSR count). The summed E-state index contributed by atoms with van der Waals surface area (Å²) >= 11 is 12.3. The van der Waals surface area contributed by atoms with Crippen LogP contribution in [0.5, 0.6) is 0 Å². The minimum atomic E-state index is -0.723. The van der Waals surface area contributed by atoms with Gasteiger partial charge < -0.3 is 10.6 Å². The highest BCUT2D eigenvalue weighted by Gasteiger charge is 2.40. The lowest BCUT2D eigenvalue weighted by atomic mass is 9.72. The van der Waals surface area contributed by atoms with Crippen molar-refractivity contribution in [3.63, 3.8) is 0 Å². The van der Waals surface area contributed by atoms with Crippen molar-refractivity contribution in [1.82, 2.24) is 15.1 Å². The van der Waals surface area contributed by atoms with E-state index in [2.05, 4.69) is 15.7 Å². The Hall–Kier alpha value is -2.83. The summed E-state index contributed by atoms with van der Waals surface area (Å²) < 4.78 is 1.60. The van der Waals surface area contributed by atoms with Gasteiger partial charge in [0.2, 0.25) is 0 Å². The van der Waals surface area contributed by atoms with E-state index in [1.54, 1.807) is 30.1 Å². The molecule has 31 heavy (non-hydrogen) atoms. The van der Waals surface area contributed by atoms with Crippen molar-refractivity contribution in [2.45, 2.75) is 31.2 Å². The molecule has 2 N–H and O–H groups in total. The lowest BCUT2D eigenvalue weighted by Crippen LogP contribution is -2.57. The number of anilines is 1. The maximum absolute atomic E-state index is 12.7. The van der Waals surface area contributed by atoms with Crippen LogP contribution in [0.1, 0.15) is 24.8 Å². The highest BCUT2D eigenvalue weighted by molar-refractivity contribution is 6.40. The Balaban J connectivity index is 1.47. The molecule has 1 aliphatic carbocycles. The summed E-state index contributed by atoms with van der Waals surface area (Å²) in [7, 11) is 1.77. The molecular weight excluding hydrogens is 435 g/mol. The van der Waals surface area contributed by atoms with Crippen LogP contribution in [0.2, 0.25) is 10.0 Å². The van der Waals surface area contributed by atoms with Crippen LogP contribution < -0.4 is 10.6 Å². The van der Waals surface area contributed by atoms with E-state index < -0.39 is 17.4 Å². The number of rotatable bonds is 5. The minimum absolute atomic E-state index is 0.483. The molecule has 160 valence electrons. The summed E-state index contributed by atoms with van der Waals surface area (Å²) in [4.78, 5) is 25.4. The summed E-state index contributed by atoms with van der Waals surface area (Å²) in [5.41, 5.74) is 2.35. The molecular formula is C23H22Cl2N4O2.